The van der Waals surface area contributed by atoms with Crippen molar-refractivity contribution in [3.05, 3.63) is 0 Å². The zero-order valence-electron chi connectivity index (χ0n) is 14.3. The molecule has 0 aromatic carbocycles. The molecule has 2 heteroatoms. The van der Waals surface area contributed by atoms with E-state index in [2.05, 4.69) is 13.8 Å². The van der Waals surface area contributed by atoms with Crippen LogP contribution < -0.4 is 0 Å². The van der Waals surface area contributed by atoms with E-state index >= 15 is 0 Å². The third-order valence-corrected chi connectivity index (χ3v) is 9.00. The fraction of sp³-hybridized carbons (Fsp3) is 1.00. The fourth-order valence-electron chi connectivity index (χ4n) is 2.54. The summed E-state index contributed by atoms with van der Waals surface area (Å²) in [5.41, 5.74) is 0. The van der Waals surface area contributed by atoms with Crippen LogP contribution in [0.15, 0.2) is 0 Å². The van der Waals surface area contributed by atoms with Crippen LogP contribution in [0.4, 0.5) is 0 Å². The van der Waals surface area contributed by atoms with Crippen LogP contribution in [0, 0.1) is 0 Å². The van der Waals surface area contributed by atoms with Gasteiger partial charge in [0.25, 0.3) is 0 Å². The zero-order valence-corrected chi connectivity index (χ0v) is 17.9. The molecule has 0 saturated carbocycles. The minimum atomic E-state index is -0.143. The first-order chi connectivity index (χ1) is 9.41. The topological polar surface area (TPSA) is 31.5 Å². The number of hydrogen-bond donors (Lipinski definition) is 0. The number of rotatable bonds is 16. The quantitative estimate of drug-likeness (QED) is 0.188. The van der Waals surface area contributed by atoms with Gasteiger partial charge >= 0.3 is 135 Å². The number of hydrogen-bond acceptors (Lipinski definition) is 0. The van der Waals surface area contributed by atoms with Crippen LogP contribution in [0.1, 0.15) is 104 Å². The van der Waals surface area contributed by atoms with Gasteiger partial charge in [-0.25, -0.2) is 0 Å². The summed E-state index contributed by atoms with van der Waals surface area (Å²) in [6.45, 7) is 4.61. The Labute approximate surface area is 140 Å². The molecule has 1 nitrogen and oxygen atoms in total. The average Bonchev–Trinajstić information content (AvgIpc) is 2.43. The second-order valence-electron chi connectivity index (χ2n) is 5.99. The normalized spacial score (nSPS) is 10.3. The molecule has 0 bridgehead atoms. The van der Waals surface area contributed by atoms with Crippen LogP contribution in [0.3, 0.4) is 0 Å². The zero-order chi connectivity index (χ0) is 14.0. The van der Waals surface area contributed by atoms with Crippen molar-refractivity contribution in [1.29, 1.82) is 0 Å². The van der Waals surface area contributed by atoms with Crippen LogP contribution in [0.2, 0.25) is 8.35 Å². The molecule has 122 valence electrons. The van der Waals surface area contributed by atoms with Crippen molar-refractivity contribution in [2.24, 2.45) is 0 Å². The monoisotopic (exact) mass is 452 g/mol. The van der Waals surface area contributed by atoms with Gasteiger partial charge in [0.05, 0.1) is 0 Å². The Morgan fingerprint density at radius 3 is 1.10 bits per heavy atom. The number of unbranched alkanes of at least 4 members (excludes halogenated alkanes) is 12. The summed E-state index contributed by atoms with van der Waals surface area (Å²) < 4.78 is 3.37. The van der Waals surface area contributed by atoms with Gasteiger partial charge in [-0.3, -0.25) is 0 Å². The Hall–Kier alpha value is 0.830. The summed E-state index contributed by atoms with van der Waals surface area (Å²) in [5, 5.41) is 0. The summed E-state index contributed by atoms with van der Waals surface area (Å²) in [7, 11) is 0. The molecule has 0 aliphatic rings. The van der Waals surface area contributed by atoms with E-state index in [-0.39, 0.29) is 28.4 Å². The third kappa shape index (κ3) is 21.1. The molecule has 0 saturated heterocycles. The first-order valence-electron chi connectivity index (χ1n) is 9.12. The van der Waals surface area contributed by atoms with Crippen molar-refractivity contribution < 1.29 is 28.4 Å². The molecule has 0 spiro atoms. The first-order valence-corrected chi connectivity index (χ1v) is 14.2. The van der Waals surface area contributed by atoms with Crippen molar-refractivity contribution in [3.8, 4) is 0 Å². The minimum absolute atomic E-state index is 0. The summed E-state index contributed by atoms with van der Waals surface area (Å²) in [4.78, 5) is 0. The van der Waals surface area contributed by atoms with Crippen LogP contribution in [-0.4, -0.2) is 5.48 Å². The van der Waals surface area contributed by atoms with Crippen molar-refractivity contribution >= 4 is 0 Å². The van der Waals surface area contributed by atoms with E-state index < -0.39 is 0 Å². The maximum absolute atomic E-state index is 2.30. The molecule has 0 aromatic rings. The van der Waals surface area contributed by atoms with E-state index in [1.165, 1.54) is 77.0 Å². The van der Waals surface area contributed by atoms with Gasteiger partial charge in [-0.1, -0.05) is 0 Å². The average molecular weight is 451 g/mol. The Bertz CT molecular complexity index is 134. The molecule has 0 rings (SSSR count). The summed E-state index contributed by atoms with van der Waals surface area (Å²) in [5.74, 6) is 0. The molecule has 0 unspecified atom stereocenters. The predicted octanol–water partition coefficient (Wildman–Crippen LogP) is 6.58. The van der Waals surface area contributed by atoms with E-state index in [1.807, 2.05) is 0 Å². The Morgan fingerprint density at radius 2 is 0.750 bits per heavy atom. The fourth-order valence-corrected chi connectivity index (χ4v) is 7.03. The summed E-state index contributed by atoms with van der Waals surface area (Å²) in [6.07, 6.45) is 20.9. The van der Waals surface area contributed by atoms with E-state index in [1.54, 1.807) is 21.2 Å². The SMILES string of the molecule is CCCCCCCC[CH2][Hf][CH2]CCCCCCCC.O. The van der Waals surface area contributed by atoms with Gasteiger partial charge in [-0.05, 0) is 0 Å². The van der Waals surface area contributed by atoms with Crippen LogP contribution in [0.5, 0.6) is 0 Å². The summed E-state index contributed by atoms with van der Waals surface area (Å²) >= 11 is -0.143. The molecular weight excluding hydrogens is 411 g/mol. The molecule has 0 aliphatic carbocycles. The molecule has 0 aliphatic heterocycles. The van der Waals surface area contributed by atoms with Crippen LogP contribution in [0.25, 0.3) is 0 Å². The van der Waals surface area contributed by atoms with Crippen molar-refractivity contribution in [1.82, 2.24) is 0 Å². The van der Waals surface area contributed by atoms with Gasteiger partial charge < -0.3 is 5.48 Å². The molecule has 0 atom stereocenters. The Kier molecular flexibility index (Phi) is 25.5. The maximum Gasteiger partial charge on any atom is -0.412 e. The van der Waals surface area contributed by atoms with E-state index in [4.69, 9.17) is 0 Å². The van der Waals surface area contributed by atoms with E-state index in [0.717, 1.165) is 0 Å². The maximum atomic E-state index is 2.30. The van der Waals surface area contributed by atoms with E-state index in [9.17, 15) is 0 Å². The van der Waals surface area contributed by atoms with E-state index in [0.29, 0.717) is 0 Å². The van der Waals surface area contributed by atoms with Gasteiger partial charge in [0.1, 0.15) is 0 Å². The molecular formula is C18H40HfO. The largest absolute Gasteiger partial charge is 0.412 e. The molecule has 0 amide bonds. The van der Waals surface area contributed by atoms with Gasteiger partial charge in [0.2, 0.25) is 0 Å². The van der Waals surface area contributed by atoms with Crippen LogP contribution >= 0.6 is 0 Å². The van der Waals surface area contributed by atoms with Crippen molar-refractivity contribution in [3.63, 3.8) is 0 Å². The Morgan fingerprint density at radius 1 is 0.450 bits per heavy atom. The minimum Gasteiger partial charge on any atom is -0.412 e. The van der Waals surface area contributed by atoms with Gasteiger partial charge in [0, 0.05) is 0 Å². The molecule has 20 heavy (non-hydrogen) atoms. The van der Waals surface area contributed by atoms with Crippen LogP contribution in [-0.2, 0) is 22.9 Å². The Balaban J connectivity index is 0. The van der Waals surface area contributed by atoms with Gasteiger partial charge in [-0.2, -0.15) is 0 Å². The molecule has 0 radical (unpaired) electrons. The molecule has 2 N–H and O–H groups in total. The van der Waals surface area contributed by atoms with Gasteiger partial charge in [0.15, 0.2) is 0 Å². The standard InChI is InChI=1S/2C9H19.Hf.H2O/c2*1-3-5-7-9-8-6-4-2;;/h2*1,3-9H2,2H3;;1H2. The third-order valence-electron chi connectivity index (χ3n) is 3.91. The predicted molar refractivity (Wildman–Crippen MR) is 89.2 cm³/mol. The first kappa shape index (κ1) is 23.1. The second-order valence-corrected chi connectivity index (χ2v) is 11.4. The molecule has 0 aromatic heterocycles. The summed E-state index contributed by atoms with van der Waals surface area (Å²) in [6, 6.07) is 0. The van der Waals surface area contributed by atoms with Gasteiger partial charge in [-0.15, -0.1) is 0 Å². The smallest absolute Gasteiger partial charge is 0.412 e. The van der Waals surface area contributed by atoms with Crippen molar-refractivity contribution in [2.45, 2.75) is 112 Å². The van der Waals surface area contributed by atoms with Crippen molar-refractivity contribution in [2.75, 3.05) is 0 Å². The molecule has 0 fully saturated rings. The second kappa shape index (κ2) is 22.1. The molecule has 0 heterocycles.